The standard InChI is InChI=1S/C19H23N3O2/c23-18-7-3-5-13-21(18)15-10-19(24)22-14-4-1-2-6-17(22)16-8-11-20-12-9-16/h3,5,7-9,11-13,17H,1-2,4,6,10,14-15H2. The highest BCUT2D eigenvalue weighted by Gasteiger charge is 2.26. The van der Waals surface area contributed by atoms with Gasteiger partial charge in [0.05, 0.1) is 6.04 Å². The fourth-order valence-corrected chi connectivity index (χ4v) is 3.34. The zero-order valence-electron chi connectivity index (χ0n) is 13.8. The largest absolute Gasteiger partial charge is 0.336 e. The van der Waals surface area contributed by atoms with E-state index in [4.69, 9.17) is 0 Å². The van der Waals surface area contributed by atoms with E-state index in [1.54, 1.807) is 29.2 Å². The van der Waals surface area contributed by atoms with Crippen molar-refractivity contribution >= 4 is 5.91 Å². The van der Waals surface area contributed by atoms with Crippen molar-refractivity contribution < 1.29 is 4.79 Å². The minimum atomic E-state index is -0.0631. The minimum Gasteiger partial charge on any atom is -0.336 e. The molecular formula is C19H23N3O2. The topological polar surface area (TPSA) is 55.2 Å². The second kappa shape index (κ2) is 7.90. The van der Waals surface area contributed by atoms with Crippen LogP contribution in [0.2, 0.25) is 0 Å². The maximum atomic E-state index is 12.8. The summed E-state index contributed by atoms with van der Waals surface area (Å²) in [6.07, 6.45) is 9.97. The van der Waals surface area contributed by atoms with E-state index in [9.17, 15) is 9.59 Å². The lowest BCUT2D eigenvalue weighted by Gasteiger charge is -2.30. The van der Waals surface area contributed by atoms with Gasteiger partial charge in [0.15, 0.2) is 0 Å². The molecule has 3 heterocycles. The first-order chi connectivity index (χ1) is 11.8. The van der Waals surface area contributed by atoms with Gasteiger partial charge in [-0.1, -0.05) is 18.9 Å². The van der Waals surface area contributed by atoms with Crippen LogP contribution in [0, 0.1) is 0 Å². The molecule has 2 aromatic heterocycles. The Balaban J connectivity index is 1.73. The van der Waals surface area contributed by atoms with E-state index in [0.717, 1.165) is 37.8 Å². The third-order valence-electron chi connectivity index (χ3n) is 4.63. The number of amides is 1. The van der Waals surface area contributed by atoms with E-state index < -0.39 is 0 Å². The maximum absolute atomic E-state index is 12.8. The monoisotopic (exact) mass is 325 g/mol. The summed E-state index contributed by atoms with van der Waals surface area (Å²) in [5.74, 6) is 0.120. The average Bonchev–Trinajstić information content (AvgIpc) is 2.87. The Hall–Kier alpha value is -2.43. The normalized spacial score (nSPS) is 18.2. The van der Waals surface area contributed by atoms with Crippen LogP contribution in [0.4, 0.5) is 0 Å². The van der Waals surface area contributed by atoms with Crippen molar-refractivity contribution in [3.8, 4) is 0 Å². The van der Waals surface area contributed by atoms with Gasteiger partial charge in [-0.2, -0.15) is 0 Å². The lowest BCUT2D eigenvalue weighted by atomic mass is 10.0. The summed E-state index contributed by atoms with van der Waals surface area (Å²) in [6.45, 7) is 1.22. The predicted molar refractivity (Wildman–Crippen MR) is 92.5 cm³/mol. The Labute approximate surface area is 141 Å². The summed E-state index contributed by atoms with van der Waals surface area (Å²) >= 11 is 0. The molecule has 1 amide bonds. The van der Waals surface area contributed by atoms with Crippen LogP contribution >= 0.6 is 0 Å². The highest BCUT2D eigenvalue weighted by atomic mass is 16.2. The fraction of sp³-hybridized carbons (Fsp3) is 0.421. The molecule has 2 aromatic rings. The number of aryl methyl sites for hydroxylation is 1. The molecule has 1 saturated heterocycles. The predicted octanol–water partition coefficient (Wildman–Crippen LogP) is 2.78. The van der Waals surface area contributed by atoms with Crippen molar-refractivity contribution in [2.24, 2.45) is 0 Å². The van der Waals surface area contributed by atoms with Crippen LogP contribution in [0.15, 0.2) is 53.7 Å². The summed E-state index contributed by atoms with van der Waals surface area (Å²) in [5, 5.41) is 0. The second-order valence-electron chi connectivity index (χ2n) is 6.22. The van der Waals surface area contributed by atoms with E-state index in [-0.39, 0.29) is 17.5 Å². The van der Waals surface area contributed by atoms with Gasteiger partial charge in [-0.3, -0.25) is 14.6 Å². The summed E-state index contributed by atoms with van der Waals surface area (Å²) in [4.78, 5) is 30.7. The van der Waals surface area contributed by atoms with Crippen molar-refractivity contribution in [2.45, 2.75) is 44.7 Å². The third kappa shape index (κ3) is 3.91. The Morgan fingerprint density at radius 3 is 2.75 bits per heavy atom. The number of aromatic nitrogens is 2. The molecule has 1 aliphatic rings. The number of pyridine rings is 2. The summed E-state index contributed by atoms with van der Waals surface area (Å²) in [7, 11) is 0. The lowest BCUT2D eigenvalue weighted by molar-refractivity contribution is -0.133. The Kier molecular flexibility index (Phi) is 5.41. The molecule has 0 aromatic carbocycles. The molecule has 0 radical (unpaired) electrons. The van der Waals surface area contributed by atoms with Crippen LogP contribution in [-0.2, 0) is 11.3 Å². The second-order valence-corrected chi connectivity index (χ2v) is 6.22. The molecule has 1 fully saturated rings. The number of hydrogen-bond donors (Lipinski definition) is 0. The number of carbonyl (C=O) groups excluding carboxylic acids is 1. The van der Waals surface area contributed by atoms with E-state index in [0.29, 0.717) is 13.0 Å². The first-order valence-corrected chi connectivity index (χ1v) is 8.60. The lowest BCUT2D eigenvalue weighted by Crippen LogP contribution is -2.35. The fourth-order valence-electron chi connectivity index (χ4n) is 3.34. The van der Waals surface area contributed by atoms with Crippen LogP contribution in [0.5, 0.6) is 0 Å². The zero-order valence-corrected chi connectivity index (χ0v) is 13.8. The van der Waals surface area contributed by atoms with Crippen LogP contribution in [0.25, 0.3) is 0 Å². The first kappa shape index (κ1) is 16.4. The first-order valence-electron chi connectivity index (χ1n) is 8.60. The SMILES string of the molecule is O=C(CCn1ccccc1=O)N1CCCCCC1c1ccncc1. The van der Waals surface area contributed by atoms with Gasteiger partial charge in [0.25, 0.3) is 5.56 Å². The van der Waals surface area contributed by atoms with Gasteiger partial charge < -0.3 is 9.47 Å². The van der Waals surface area contributed by atoms with Crippen LogP contribution in [-0.4, -0.2) is 26.9 Å². The van der Waals surface area contributed by atoms with Crippen molar-refractivity contribution in [3.63, 3.8) is 0 Å². The number of carbonyl (C=O) groups is 1. The molecule has 24 heavy (non-hydrogen) atoms. The smallest absolute Gasteiger partial charge is 0.250 e. The molecule has 1 atom stereocenters. The number of likely N-dealkylation sites (tertiary alicyclic amines) is 1. The summed E-state index contributed by atoms with van der Waals surface area (Å²) in [6, 6.07) is 9.18. The highest BCUT2D eigenvalue weighted by Crippen LogP contribution is 2.30. The Morgan fingerprint density at radius 1 is 1.12 bits per heavy atom. The molecule has 1 unspecified atom stereocenters. The Morgan fingerprint density at radius 2 is 1.96 bits per heavy atom. The molecule has 5 nitrogen and oxygen atoms in total. The van der Waals surface area contributed by atoms with Gasteiger partial charge in [0.1, 0.15) is 0 Å². The van der Waals surface area contributed by atoms with Crippen molar-refractivity contribution in [1.29, 1.82) is 0 Å². The van der Waals surface area contributed by atoms with E-state index >= 15 is 0 Å². The van der Waals surface area contributed by atoms with Crippen molar-refractivity contribution in [3.05, 3.63) is 64.8 Å². The average molecular weight is 325 g/mol. The van der Waals surface area contributed by atoms with Gasteiger partial charge in [0, 0.05) is 44.2 Å². The molecule has 0 saturated carbocycles. The molecule has 0 N–H and O–H groups in total. The van der Waals surface area contributed by atoms with Crippen LogP contribution < -0.4 is 5.56 Å². The maximum Gasteiger partial charge on any atom is 0.250 e. The zero-order chi connectivity index (χ0) is 16.8. The van der Waals surface area contributed by atoms with Crippen LogP contribution in [0.3, 0.4) is 0 Å². The van der Waals surface area contributed by atoms with Gasteiger partial charge >= 0.3 is 0 Å². The summed E-state index contributed by atoms with van der Waals surface area (Å²) in [5.41, 5.74) is 1.09. The molecule has 126 valence electrons. The van der Waals surface area contributed by atoms with Gasteiger partial charge in [-0.05, 0) is 36.6 Å². The Bertz CT molecular complexity index is 727. The number of hydrogen-bond acceptors (Lipinski definition) is 3. The highest BCUT2D eigenvalue weighted by molar-refractivity contribution is 5.76. The van der Waals surface area contributed by atoms with E-state index in [1.807, 2.05) is 23.1 Å². The molecular weight excluding hydrogens is 302 g/mol. The molecule has 5 heteroatoms. The van der Waals surface area contributed by atoms with Gasteiger partial charge in [-0.15, -0.1) is 0 Å². The van der Waals surface area contributed by atoms with Gasteiger partial charge in [-0.25, -0.2) is 0 Å². The van der Waals surface area contributed by atoms with Crippen molar-refractivity contribution in [2.75, 3.05) is 6.54 Å². The summed E-state index contributed by atoms with van der Waals surface area (Å²) < 4.78 is 1.59. The molecule has 0 bridgehead atoms. The minimum absolute atomic E-state index is 0.0631. The van der Waals surface area contributed by atoms with Crippen molar-refractivity contribution in [1.82, 2.24) is 14.5 Å². The molecule has 1 aliphatic heterocycles. The molecule has 3 rings (SSSR count). The third-order valence-corrected chi connectivity index (χ3v) is 4.63. The van der Waals surface area contributed by atoms with Gasteiger partial charge in [0.2, 0.25) is 5.91 Å². The number of nitrogens with zero attached hydrogens (tertiary/aromatic N) is 3. The van der Waals surface area contributed by atoms with Crippen LogP contribution in [0.1, 0.15) is 43.7 Å². The van der Waals surface area contributed by atoms with E-state index in [2.05, 4.69) is 4.98 Å². The molecule has 0 spiro atoms. The number of rotatable bonds is 4. The molecule has 0 aliphatic carbocycles. The van der Waals surface area contributed by atoms with E-state index in [1.165, 1.54) is 6.07 Å². The quantitative estimate of drug-likeness (QED) is 0.868.